The summed E-state index contributed by atoms with van der Waals surface area (Å²) in [5.41, 5.74) is 1.23. The first-order valence-electron chi connectivity index (χ1n) is 6.42. The highest BCUT2D eigenvalue weighted by atomic mass is 16.5. The van der Waals surface area contributed by atoms with Crippen molar-refractivity contribution >= 4 is 0 Å². The first kappa shape index (κ1) is 12.2. The molecular formula is C14H21NO2. The third-order valence-electron chi connectivity index (χ3n) is 3.13. The van der Waals surface area contributed by atoms with Crippen molar-refractivity contribution in [2.75, 3.05) is 20.3 Å². The van der Waals surface area contributed by atoms with E-state index in [1.54, 1.807) is 0 Å². The molecule has 1 aromatic carbocycles. The van der Waals surface area contributed by atoms with Crippen LogP contribution < -0.4 is 14.8 Å². The lowest BCUT2D eigenvalue weighted by atomic mass is 10.1. The lowest BCUT2D eigenvalue weighted by molar-refractivity contribution is 0.299. The number of hydrogen-bond donors (Lipinski definition) is 1. The molecule has 0 aromatic heterocycles. The van der Waals surface area contributed by atoms with E-state index >= 15 is 0 Å². The normalized spacial score (nSPS) is 17.6. The number of likely N-dealkylation sites (N-methyl/N-ethyl adjacent to an activating group) is 1. The van der Waals surface area contributed by atoms with Crippen molar-refractivity contribution in [1.82, 2.24) is 5.32 Å². The Kier molecular flexibility index (Phi) is 4.26. The van der Waals surface area contributed by atoms with Crippen LogP contribution in [0.5, 0.6) is 11.5 Å². The summed E-state index contributed by atoms with van der Waals surface area (Å²) in [6.07, 6.45) is 3.57. The number of unbranched alkanes of at least 4 members (excludes halogenated alkanes) is 2. The molecule has 3 nitrogen and oxygen atoms in total. The van der Waals surface area contributed by atoms with E-state index in [1.165, 1.54) is 18.4 Å². The summed E-state index contributed by atoms with van der Waals surface area (Å²) < 4.78 is 11.3. The van der Waals surface area contributed by atoms with Gasteiger partial charge >= 0.3 is 0 Å². The molecule has 0 radical (unpaired) electrons. The van der Waals surface area contributed by atoms with E-state index in [0.717, 1.165) is 24.5 Å². The molecule has 0 amide bonds. The van der Waals surface area contributed by atoms with Gasteiger partial charge in [-0.3, -0.25) is 0 Å². The summed E-state index contributed by atoms with van der Waals surface area (Å²) in [6.45, 7) is 3.70. The zero-order chi connectivity index (χ0) is 12.1. The third-order valence-corrected chi connectivity index (χ3v) is 3.13. The molecule has 2 rings (SSSR count). The molecule has 0 aliphatic carbocycles. The monoisotopic (exact) mass is 235 g/mol. The fourth-order valence-corrected chi connectivity index (χ4v) is 2.06. The van der Waals surface area contributed by atoms with E-state index in [2.05, 4.69) is 18.3 Å². The van der Waals surface area contributed by atoms with Crippen molar-refractivity contribution in [1.29, 1.82) is 0 Å². The van der Waals surface area contributed by atoms with Crippen molar-refractivity contribution < 1.29 is 9.47 Å². The van der Waals surface area contributed by atoms with E-state index in [4.69, 9.17) is 9.47 Å². The second-order valence-corrected chi connectivity index (χ2v) is 4.41. The highest BCUT2D eigenvalue weighted by molar-refractivity contribution is 5.44. The summed E-state index contributed by atoms with van der Waals surface area (Å²) in [5, 5.41) is 3.23. The minimum Gasteiger partial charge on any atom is -0.493 e. The van der Waals surface area contributed by atoms with Gasteiger partial charge in [-0.25, -0.2) is 0 Å². The van der Waals surface area contributed by atoms with E-state index in [1.807, 2.05) is 19.2 Å². The fraction of sp³-hybridized carbons (Fsp3) is 0.571. The van der Waals surface area contributed by atoms with Crippen molar-refractivity contribution in [2.45, 2.75) is 32.2 Å². The first-order chi connectivity index (χ1) is 8.35. The summed E-state index contributed by atoms with van der Waals surface area (Å²) >= 11 is 0. The number of fused-ring (bicyclic) bond motifs is 1. The average Bonchev–Trinajstić information content (AvgIpc) is 2.77. The van der Waals surface area contributed by atoms with Crippen molar-refractivity contribution in [2.24, 2.45) is 0 Å². The minimum atomic E-state index is 0.319. The van der Waals surface area contributed by atoms with Gasteiger partial charge in [0.25, 0.3) is 0 Å². The van der Waals surface area contributed by atoms with Gasteiger partial charge in [-0.2, -0.15) is 0 Å². The molecule has 1 aliphatic rings. The number of benzene rings is 1. The Labute approximate surface area is 103 Å². The summed E-state index contributed by atoms with van der Waals surface area (Å²) in [5.74, 6) is 1.87. The Morgan fingerprint density at radius 3 is 3.06 bits per heavy atom. The van der Waals surface area contributed by atoms with Crippen molar-refractivity contribution in [3.05, 3.63) is 23.8 Å². The Bertz CT molecular complexity index is 365. The standard InChI is InChI=1S/C14H21NO2/c1-3-4-5-8-16-11-6-7-12-13(15-2)10-17-14(12)9-11/h6-7,9,13,15H,3-5,8,10H2,1-2H3. The van der Waals surface area contributed by atoms with Crippen LogP contribution in [-0.4, -0.2) is 20.3 Å². The predicted molar refractivity (Wildman–Crippen MR) is 68.8 cm³/mol. The molecule has 0 fully saturated rings. The topological polar surface area (TPSA) is 30.5 Å². The maximum atomic E-state index is 5.70. The fourth-order valence-electron chi connectivity index (χ4n) is 2.06. The third kappa shape index (κ3) is 2.91. The molecule has 17 heavy (non-hydrogen) atoms. The molecule has 0 saturated carbocycles. The van der Waals surface area contributed by atoms with E-state index in [9.17, 15) is 0 Å². The molecule has 1 atom stereocenters. The Morgan fingerprint density at radius 2 is 2.29 bits per heavy atom. The van der Waals surface area contributed by atoms with Gasteiger partial charge in [-0.15, -0.1) is 0 Å². The number of hydrogen-bond acceptors (Lipinski definition) is 3. The Balaban J connectivity index is 1.93. The number of nitrogens with one attached hydrogen (secondary N) is 1. The Hall–Kier alpha value is -1.22. The van der Waals surface area contributed by atoms with Crippen LogP contribution in [-0.2, 0) is 0 Å². The zero-order valence-corrected chi connectivity index (χ0v) is 10.7. The first-order valence-corrected chi connectivity index (χ1v) is 6.42. The summed E-state index contributed by atoms with van der Waals surface area (Å²) in [6, 6.07) is 6.44. The van der Waals surface area contributed by atoms with Crippen molar-refractivity contribution in [3.8, 4) is 11.5 Å². The highest BCUT2D eigenvalue weighted by Gasteiger charge is 2.22. The van der Waals surface area contributed by atoms with Crippen molar-refractivity contribution in [3.63, 3.8) is 0 Å². The molecule has 0 spiro atoms. The van der Waals surface area contributed by atoms with E-state index < -0.39 is 0 Å². The van der Waals surface area contributed by atoms with Gasteiger partial charge in [0.1, 0.15) is 18.1 Å². The van der Waals surface area contributed by atoms with Gasteiger partial charge in [0.15, 0.2) is 0 Å². The Morgan fingerprint density at radius 1 is 1.41 bits per heavy atom. The smallest absolute Gasteiger partial charge is 0.127 e. The van der Waals surface area contributed by atoms with Gasteiger partial charge in [-0.1, -0.05) is 19.8 Å². The van der Waals surface area contributed by atoms with Crippen LogP contribution in [0.2, 0.25) is 0 Å². The van der Waals surface area contributed by atoms with Crippen LogP contribution >= 0.6 is 0 Å². The molecule has 94 valence electrons. The largest absolute Gasteiger partial charge is 0.493 e. The molecule has 1 aromatic rings. The molecule has 1 heterocycles. The molecule has 0 bridgehead atoms. The molecular weight excluding hydrogens is 214 g/mol. The second-order valence-electron chi connectivity index (χ2n) is 4.41. The van der Waals surface area contributed by atoms with Crippen LogP contribution in [0.4, 0.5) is 0 Å². The highest BCUT2D eigenvalue weighted by Crippen LogP contribution is 2.34. The summed E-state index contributed by atoms with van der Waals surface area (Å²) in [4.78, 5) is 0. The van der Waals surface area contributed by atoms with Crippen LogP contribution in [0.3, 0.4) is 0 Å². The lowest BCUT2D eigenvalue weighted by Crippen LogP contribution is -2.17. The molecule has 1 unspecified atom stereocenters. The maximum Gasteiger partial charge on any atom is 0.127 e. The maximum absolute atomic E-state index is 5.70. The average molecular weight is 235 g/mol. The molecule has 0 saturated heterocycles. The van der Waals surface area contributed by atoms with Crippen LogP contribution in [0.1, 0.15) is 37.8 Å². The SMILES string of the molecule is CCCCCOc1ccc2c(c1)OCC2NC. The minimum absolute atomic E-state index is 0.319. The van der Waals surface area contributed by atoms with Gasteiger partial charge in [0.2, 0.25) is 0 Å². The number of ether oxygens (including phenoxy) is 2. The molecule has 1 aliphatic heterocycles. The molecule has 1 N–H and O–H groups in total. The van der Waals surface area contributed by atoms with Gasteiger partial charge < -0.3 is 14.8 Å². The predicted octanol–water partition coefficient (Wildman–Crippen LogP) is 2.91. The van der Waals surface area contributed by atoms with Crippen LogP contribution in [0.25, 0.3) is 0 Å². The van der Waals surface area contributed by atoms with E-state index in [-0.39, 0.29) is 0 Å². The quantitative estimate of drug-likeness (QED) is 0.769. The number of rotatable bonds is 6. The van der Waals surface area contributed by atoms with Crippen LogP contribution in [0.15, 0.2) is 18.2 Å². The second kappa shape index (κ2) is 5.92. The van der Waals surface area contributed by atoms with E-state index in [0.29, 0.717) is 12.6 Å². The zero-order valence-electron chi connectivity index (χ0n) is 10.7. The lowest BCUT2D eigenvalue weighted by Gasteiger charge is -2.08. The van der Waals surface area contributed by atoms with Gasteiger partial charge in [0.05, 0.1) is 12.6 Å². The van der Waals surface area contributed by atoms with Crippen LogP contribution in [0, 0.1) is 0 Å². The molecule has 3 heteroatoms. The summed E-state index contributed by atoms with van der Waals surface area (Å²) in [7, 11) is 1.96. The van der Waals surface area contributed by atoms with Gasteiger partial charge in [0, 0.05) is 11.6 Å². The van der Waals surface area contributed by atoms with Gasteiger partial charge in [-0.05, 0) is 25.6 Å².